The van der Waals surface area contributed by atoms with Crippen molar-refractivity contribution in [2.45, 2.75) is 6.92 Å². The fraction of sp³-hybridized carbons (Fsp3) is 0.235. The van der Waals surface area contributed by atoms with E-state index >= 15 is 0 Å². The van der Waals surface area contributed by atoms with Gasteiger partial charge in [-0.1, -0.05) is 0 Å². The third-order valence-corrected chi connectivity index (χ3v) is 5.07. The fourth-order valence-corrected chi connectivity index (χ4v) is 3.55. The summed E-state index contributed by atoms with van der Waals surface area (Å²) < 4.78 is 11.9. The number of anilines is 1. The highest BCUT2D eigenvalue weighted by Crippen LogP contribution is 2.31. The second-order valence-corrected chi connectivity index (χ2v) is 6.42. The van der Waals surface area contributed by atoms with Gasteiger partial charge >= 0.3 is 0 Å². The van der Waals surface area contributed by atoms with E-state index in [0.29, 0.717) is 37.8 Å². The number of rotatable bonds is 4. The number of thiophene rings is 1. The molecule has 7 nitrogen and oxygen atoms in total. The summed E-state index contributed by atoms with van der Waals surface area (Å²) in [6.07, 6.45) is 1.45. The van der Waals surface area contributed by atoms with Crippen molar-refractivity contribution < 1.29 is 14.3 Å². The Kier molecular flexibility index (Phi) is 4.45. The number of nitrogens with zero attached hydrogens (tertiary/aromatic N) is 2. The molecule has 1 aromatic carbocycles. The summed E-state index contributed by atoms with van der Waals surface area (Å²) >= 11 is 1.19. The molecule has 2 heterocycles. The van der Waals surface area contributed by atoms with Crippen LogP contribution in [0.3, 0.4) is 0 Å². The lowest BCUT2D eigenvalue weighted by Crippen LogP contribution is -2.17. The minimum atomic E-state index is -0.325. The summed E-state index contributed by atoms with van der Waals surface area (Å²) in [5.74, 6) is 0.788. The van der Waals surface area contributed by atoms with Crippen molar-refractivity contribution in [1.29, 1.82) is 0 Å². The van der Waals surface area contributed by atoms with E-state index < -0.39 is 0 Å². The number of ether oxygens (including phenoxy) is 2. The monoisotopic (exact) mass is 359 g/mol. The van der Waals surface area contributed by atoms with Crippen LogP contribution in [0.2, 0.25) is 0 Å². The van der Waals surface area contributed by atoms with Crippen molar-refractivity contribution in [2.24, 2.45) is 7.05 Å². The number of hydrogen-bond acceptors (Lipinski definition) is 6. The Labute approximate surface area is 147 Å². The smallest absolute Gasteiger partial charge is 0.266 e. The number of aryl methyl sites for hydroxylation is 2. The zero-order valence-electron chi connectivity index (χ0n) is 14.2. The molecule has 0 saturated carbocycles. The molecule has 1 N–H and O–H groups in total. The minimum absolute atomic E-state index is 0.170. The second kappa shape index (κ2) is 6.56. The van der Waals surface area contributed by atoms with Gasteiger partial charge in [-0.05, 0) is 24.6 Å². The Morgan fingerprint density at radius 1 is 1.28 bits per heavy atom. The largest absolute Gasteiger partial charge is 0.497 e. The molecule has 1 amide bonds. The molecule has 0 spiro atoms. The van der Waals surface area contributed by atoms with Gasteiger partial charge in [-0.25, -0.2) is 4.98 Å². The highest BCUT2D eigenvalue weighted by Gasteiger charge is 2.20. The summed E-state index contributed by atoms with van der Waals surface area (Å²) in [6, 6.07) is 5.13. The van der Waals surface area contributed by atoms with Crippen LogP contribution in [0.25, 0.3) is 10.2 Å². The first kappa shape index (κ1) is 17.0. The quantitative estimate of drug-likeness (QED) is 0.774. The predicted octanol–water partition coefficient (Wildman–Crippen LogP) is 2.57. The number of aromatic nitrogens is 2. The molecule has 3 rings (SSSR count). The van der Waals surface area contributed by atoms with Crippen LogP contribution < -0.4 is 20.3 Å². The molecule has 0 bridgehead atoms. The van der Waals surface area contributed by atoms with Crippen molar-refractivity contribution in [3.05, 3.63) is 45.3 Å². The number of carbonyl (C=O) groups is 1. The average Bonchev–Trinajstić information content (AvgIpc) is 2.95. The highest BCUT2D eigenvalue weighted by atomic mass is 32.1. The van der Waals surface area contributed by atoms with Crippen LogP contribution in [0.5, 0.6) is 11.5 Å². The van der Waals surface area contributed by atoms with E-state index in [0.717, 1.165) is 0 Å². The number of amides is 1. The maximum atomic E-state index is 12.7. The molecular weight excluding hydrogens is 342 g/mol. The Morgan fingerprint density at radius 3 is 2.72 bits per heavy atom. The van der Waals surface area contributed by atoms with Gasteiger partial charge in [0.15, 0.2) is 0 Å². The van der Waals surface area contributed by atoms with E-state index in [1.807, 2.05) is 0 Å². The lowest BCUT2D eigenvalue weighted by atomic mass is 10.2. The van der Waals surface area contributed by atoms with E-state index in [9.17, 15) is 9.59 Å². The Balaban J connectivity index is 2.03. The summed E-state index contributed by atoms with van der Waals surface area (Å²) in [5, 5.41) is 3.29. The van der Waals surface area contributed by atoms with Gasteiger partial charge in [0.05, 0.1) is 36.5 Å². The van der Waals surface area contributed by atoms with E-state index in [2.05, 4.69) is 10.3 Å². The van der Waals surface area contributed by atoms with Gasteiger partial charge in [-0.2, -0.15) is 0 Å². The average molecular weight is 359 g/mol. The Hall–Kier alpha value is -2.87. The molecule has 0 aliphatic carbocycles. The molecule has 0 saturated heterocycles. The zero-order valence-corrected chi connectivity index (χ0v) is 15.1. The first-order valence-corrected chi connectivity index (χ1v) is 8.26. The van der Waals surface area contributed by atoms with Crippen LogP contribution in [-0.4, -0.2) is 29.7 Å². The summed E-state index contributed by atoms with van der Waals surface area (Å²) in [5.41, 5.74) is 0.939. The lowest BCUT2D eigenvalue weighted by Gasteiger charge is -2.11. The van der Waals surface area contributed by atoms with Crippen LogP contribution in [-0.2, 0) is 7.05 Å². The topological polar surface area (TPSA) is 82.4 Å². The molecule has 0 fully saturated rings. The van der Waals surface area contributed by atoms with Gasteiger partial charge in [0, 0.05) is 13.1 Å². The molecule has 0 radical (unpaired) electrons. The van der Waals surface area contributed by atoms with Crippen molar-refractivity contribution in [3.8, 4) is 11.5 Å². The van der Waals surface area contributed by atoms with Gasteiger partial charge in [0.2, 0.25) is 0 Å². The minimum Gasteiger partial charge on any atom is -0.497 e. The van der Waals surface area contributed by atoms with Crippen molar-refractivity contribution >= 4 is 33.1 Å². The molecule has 130 valence electrons. The highest BCUT2D eigenvalue weighted by molar-refractivity contribution is 7.20. The Bertz CT molecular complexity index is 1020. The molecule has 2 aromatic heterocycles. The number of carbonyl (C=O) groups excluding carboxylic acids is 1. The summed E-state index contributed by atoms with van der Waals surface area (Å²) in [7, 11) is 4.70. The van der Waals surface area contributed by atoms with Gasteiger partial charge < -0.3 is 19.4 Å². The van der Waals surface area contributed by atoms with Crippen molar-refractivity contribution in [2.75, 3.05) is 19.5 Å². The second-order valence-electron chi connectivity index (χ2n) is 5.42. The molecule has 0 aliphatic rings. The molecule has 25 heavy (non-hydrogen) atoms. The number of methoxy groups -OCH3 is 2. The zero-order chi connectivity index (χ0) is 18.1. The first-order valence-electron chi connectivity index (χ1n) is 7.44. The van der Waals surface area contributed by atoms with E-state index in [1.54, 1.807) is 39.3 Å². The van der Waals surface area contributed by atoms with Gasteiger partial charge in [0.25, 0.3) is 11.5 Å². The SMILES string of the molecule is COc1ccc(OC)c(NC(=O)c2sc3ncn(C)c(=O)c3c2C)c1. The lowest BCUT2D eigenvalue weighted by molar-refractivity contribution is 0.102. The Morgan fingerprint density at radius 2 is 2.04 bits per heavy atom. The maximum absolute atomic E-state index is 12.7. The van der Waals surface area contributed by atoms with E-state index in [1.165, 1.54) is 29.3 Å². The third kappa shape index (κ3) is 2.96. The number of fused-ring (bicyclic) bond motifs is 1. The van der Waals surface area contributed by atoms with E-state index in [4.69, 9.17) is 9.47 Å². The van der Waals surface area contributed by atoms with Crippen molar-refractivity contribution in [1.82, 2.24) is 9.55 Å². The van der Waals surface area contributed by atoms with Crippen LogP contribution in [0.1, 0.15) is 15.2 Å². The van der Waals surface area contributed by atoms with Crippen LogP contribution in [0.15, 0.2) is 29.3 Å². The molecule has 3 aromatic rings. The number of hydrogen-bond donors (Lipinski definition) is 1. The summed E-state index contributed by atoms with van der Waals surface area (Å²) in [4.78, 5) is 30.2. The fourth-order valence-electron chi connectivity index (χ4n) is 2.52. The van der Waals surface area contributed by atoms with Crippen LogP contribution in [0, 0.1) is 6.92 Å². The summed E-state index contributed by atoms with van der Waals surface area (Å²) in [6.45, 7) is 1.75. The van der Waals surface area contributed by atoms with Gasteiger partial charge in [0.1, 0.15) is 16.3 Å². The standard InChI is InChI=1S/C17H17N3O4S/c1-9-13-16(18-8-20(2)17(13)22)25-14(9)15(21)19-11-7-10(23-3)5-6-12(11)24-4/h5-8H,1-4H3,(H,19,21). The van der Waals surface area contributed by atoms with Gasteiger partial charge in [-0.15, -0.1) is 11.3 Å². The number of benzene rings is 1. The predicted molar refractivity (Wildman–Crippen MR) is 97.1 cm³/mol. The molecule has 0 atom stereocenters. The van der Waals surface area contributed by atoms with Crippen molar-refractivity contribution in [3.63, 3.8) is 0 Å². The first-order chi connectivity index (χ1) is 12.0. The third-order valence-electron chi connectivity index (χ3n) is 3.87. The van der Waals surface area contributed by atoms with Crippen LogP contribution in [0.4, 0.5) is 5.69 Å². The van der Waals surface area contributed by atoms with E-state index in [-0.39, 0.29) is 11.5 Å². The molecule has 8 heteroatoms. The van der Waals surface area contributed by atoms with Gasteiger partial charge in [-0.3, -0.25) is 9.59 Å². The van der Waals surface area contributed by atoms with Crippen LogP contribution >= 0.6 is 11.3 Å². The number of nitrogens with one attached hydrogen (secondary N) is 1. The maximum Gasteiger partial charge on any atom is 0.266 e. The molecular formula is C17H17N3O4S. The normalized spacial score (nSPS) is 10.7. The molecule has 0 aliphatic heterocycles. The molecule has 0 unspecified atom stereocenters.